The Morgan fingerprint density at radius 1 is 1.24 bits per heavy atom. The predicted molar refractivity (Wildman–Crippen MR) is 84.0 cm³/mol. The lowest BCUT2D eigenvalue weighted by Crippen LogP contribution is -2.01. The fourth-order valence-corrected chi connectivity index (χ4v) is 2.57. The normalized spacial score (nSPS) is 10.6. The van der Waals surface area contributed by atoms with E-state index in [0.29, 0.717) is 19.0 Å². The summed E-state index contributed by atoms with van der Waals surface area (Å²) in [6, 6.07) is 5.51. The summed E-state index contributed by atoms with van der Waals surface area (Å²) in [5.74, 6) is 1.41. The minimum Gasteiger partial charge on any atom is -0.493 e. The van der Waals surface area contributed by atoms with Crippen LogP contribution in [0.1, 0.15) is 36.5 Å². The molecule has 0 amide bonds. The van der Waals surface area contributed by atoms with Gasteiger partial charge in [0.15, 0.2) is 0 Å². The molecule has 2 aromatic rings. The molecular formula is C16H21NO3S. The summed E-state index contributed by atoms with van der Waals surface area (Å²) in [6.07, 6.45) is 1.89. The monoisotopic (exact) mass is 307 g/mol. The van der Waals surface area contributed by atoms with Gasteiger partial charge in [0.05, 0.1) is 23.9 Å². The van der Waals surface area contributed by atoms with Crippen molar-refractivity contribution in [3.8, 4) is 11.5 Å². The van der Waals surface area contributed by atoms with E-state index in [0.717, 1.165) is 34.9 Å². The SMILES string of the molecule is CCCOc1ccc(CO)c(OCc2csc(CC)n2)c1. The molecule has 1 aromatic carbocycles. The van der Waals surface area contributed by atoms with Crippen LogP contribution in [0.5, 0.6) is 11.5 Å². The zero-order valence-electron chi connectivity index (χ0n) is 12.5. The molecule has 0 saturated carbocycles. The van der Waals surface area contributed by atoms with Crippen LogP contribution >= 0.6 is 11.3 Å². The maximum Gasteiger partial charge on any atom is 0.131 e. The lowest BCUT2D eigenvalue weighted by Gasteiger charge is -2.12. The Hall–Kier alpha value is -1.59. The Labute approximate surface area is 129 Å². The summed E-state index contributed by atoms with van der Waals surface area (Å²) < 4.78 is 11.4. The van der Waals surface area contributed by atoms with Crippen molar-refractivity contribution in [2.75, 3.05) is 6.61 Å². The van der Waals surface area contributed by atoms with Gasteiger partial charge in [-0.15, -0.1) is 11.3 Å². The number of rotatable bonds is 8. The number of aryl methyl sites for hydroxylation is 1. The summed E-state index contributed by atoms with van der Waals surface area (Å²) in [6.45, 7) is 5.17. The first-order chi connectivity index (χ1) is 10.3. The number of aliphatic hydroxyl groups excluding tert-OH is 1. The van der Waals surface area contributed by atoms with Crippen LogP contribution in [0.25, 0.3) is 0 Å². The molecule has 114 valence electrons. The third kappa shape index (κ3) is 4.44. The highest BCUT2D eigenvalue weighted by Gasteiger charge is 2.07. The summed E-state index contributed by atoms with van der Waals surface area (Å²) in [5, 5.41) is 12.5. The Balaban J connectivity index is 2.05. The van der Waals surface area contributed by atoms with Crippen molar-refractivity contribution in [1.82, 2.24) is 4.98 Å². The van der Waals surface area contributed by atoms with Gasteiger partial charge in [0, 0.05) is 17.0 Å². The molecule has 0 bridgehead atoms. The first-order valence-electron chi connectivity index (χ1n) is 7.19. The molecule has 2 rings (SSSR count). The van der Waals surface area contributed by atoms with E-state index in [1.165, 1.54) is 0 Å². The average Bonchev–Trinajstić information content (AvgIpc) is 2.99. The number of hydrogen-bond acceptors (Lipinski definition) is 5. The van der Waals surface area contributed by atoms with Gasteiger partial charge >= 0.3 is 0 Å². The van der Waals surface area contributed by atoms with E-state index in [-0.39, 0.29) is 6.61 Å². The standard InChI is InChI=1S/C16H21NO3S/c1-3-7-19-14-6-5-12(9-18)15(8-14)20-10-13-11-21-16(4-2)17-13/h5-6,8,11,18H,3-4,7,9-10H2,1-2H3. The van der Waals surface area contributed by atoms with Crippen LogP contribution in [0, 0.1) is 0 Å². The Morgan fingerprint density at radius 3 is 2.76 bits per heavy atom. The molecule has 0 fully saturated rings. The first kappa shape index (κ1) is 15.8. The lowest BCUT2D eigenvalue weighted by molar-refractivity contribution is 0.255. The predicted octanol–water partition coefficient (Wildman–Crippen LogP) is 3.57. The van der Waals surface area contributed by atoms with E-state index in [2.05, 4.69) is 18.8 Å². The first-order valence-corrected chi connectivity index (χ1v) is 8.07. The summed E-state index contributed by atoms with van der Waals surface area (Å²) in [5.41, 5.74) is 1.67. The lowest BCUT2D eigenvalue weighted by atomic mass is 10.2. The van der Waals surface area contributed by atoms with Gasteiger partial charge in [0.25, 0.3) is 0 Å². The molecular weight excluding hydrogens is 286 g/mol. The zero-order valence-corrected chi connectivity index (χ0v) is 13.3. The topological polar surface area (TPSA) is 51.6 Å². The summed E-state index contributed by atoms with van der Waals surface area (Å²) >= 11 is 1.64. The van der Waals surface area contributed by atoms with E-state index in [9.17, 15) is 5.11 Å². The minimum atomic E-state index is -0.0549. The molecule has 0 unspecified atom stereocenters. The second kappa shape index (κ2) is 8.00. The van der Waals surface area contributed by atoms with Crippen LogP contribution in [-0.4, -0.2) is 16.7 Å². The van der Waals surface area contributed by atoms with Gasteiger partial charge in [-0.3, -0.25) is 0 Å². The quantitative estimate of drug-likeness (QED) is 0.810. The van der Waals surface area contributed by atoms with Gasteiger partial charge < -0.3 is 14.6 Å². The number of ether oxygens (including phenoxy) is 2. The van der Waals surface area contributed by atoms with Gasteiger partial charge in [-0.25, -0.2) is 4.98 Å². The van der Waals surface area contributed by atoms with Crippen molar-refractivity contribution >= 4 is 11.3 Å². The second-order valence-corrected chi connectivity index (χ2v) is 5.59. The van der Waals surface area contributed by atoms with Gasteiger partial charge in [0.1, 0.15) is 18.1 Å². The summed E-state index contributed by atoms with van der Waals surface area (Å²) in [7, 11) is 0. The van der Waals surface area contributed by atoms with E-state index in [4.69, 9.17) is 9.47 Å². The maximum atomic E-state index is 9.39. The molecule has 1 heterocycles. The fourth-order valence-electron chi connectivity index (χ4n) is 1.84. The maximum absolute atomic E-state index is 9.39. The van der Waals surface area contributed by atoms with E-state index < -0.39 is 0 Å². The fraction of sp³-hybridized carbons (Fsp3) is 0.438. The second-order valence-electron chi connectivity index (χ2n) is 4.65. The highest BCUT2D eigenvalue weighted by molar-refractivity contribution is 7.09. The molecule has 5 heteroatoms. The molecule has 21 heavy (non-hydrogen) atoms. The molecule has 0 radical (unpaired) electrons. The van der Waals surface area contributed by atoms with Crippen LogP contribution in [0.4, 0.5) is 0 Å². The molecule has 0 atom stereocenters. The smallest absolute Gasteiger partial charge is 0.131 e. The molecule has 1 aromatic heterocycles. The van der Waals surface area contributed by atoms with Crippen LogP contribution in [0.3, 0.4) is 0 Å². The number of benzene rings is 1. The molecule has 0 saturated heterocycles. The Morgan fingerprint density at radius 2 is 2.10 bits per heavy atom. The van der Waals surface area contributed by atoms with Crippen molar-refractivity contribution in [3.63, 3.8) is 0 Å². The number of hydrogen-bond donors (Lipinski definition) is 1. The number of aliphatic hydroxyl groups is 1. The highest BCUT2D eigenvalue weighted by atomic mass is 32.1. The van der Waals surface area contributed by atoms with Crippen LogP contribution in [-0.2, 0) is 19.6 Å². The van der Waals surface area contributed by atoms with Crippen LogP contribution < -0.4 is 9.47 Å². The van der Waals surface area contributed by atoms with Crippen molar-refractivity contribution < 1.29 is 14.6 Å². The summed E-state index contributed by atoms with van der Waals surface area (Å²) in [4.78, 5) is 4.47. The van der Waals surface area contributed by atoms with Crippen molar-refractivity contribution in [2.45, 2.75) is 39.9 Å². The highest BCUT2D eigenvalue weighted by Crippen LogP contribution is 2.26. The minimum absolute atomic E-state index is 0.0549. The number of nitrogens with zero attached hydrogens (tertiary/aromatic N) is 1. The molecule has 1 N–H and O–H groups in total. The van der Waals surface area contributed by atoms with Gasteiger partial charge in [-0.05, 0) is 25.0 Å². The van der Waals surface area contributed by atoms with Gasteiger partial charge in [-0.1, -0.05) is 13.8 Å². The van der Waals surface area contributed by atoms with Crippen LogP contribution in [0.15, 0.2) is 23.6 Å². The van der Waals surface area contributed by atoms with Gasteiger partial charge in [0.2, 0.25) is 0 Å². The molecule has 0 aliphatic rings. The molecule has 0 spiro atoms. The molecule has 0 aliphatic heterocycles. The average molecular weight is 307 g/mol. The third-order valence-electron chi connectivity index (χ3n) is 2.96. The Bertz CT molecular complexity index is 568. The van der Waals surface area contributed by atoms with Crippen LogP contribution in [0.2, 0.25) is 0 Å². The van der Waals surface area contributed by atoms with Crippen molar-refractivity contribution in [2.24, 2.45) is 0 Å². The number of aromatic nitrogens is 1. The van der Waals surface area contributed by atoms with Crippen molar-refractivity contribution in [1.29, 1.82) is 0 Å². The molecule has 4 nitrogen and oxygen atoms in total. The van der Waals surface area contributed by atoms with E-state index >= 15 is 0 Å². The zero-order chi connectivity index (χ0) is 15.1. The largest absolute Gasteiger partial charge is 0.493 e. The van der Waals surface area contributed by atoms with Crippen molar-refractivity contribution in [3.05, 3.63) is 39.8 Å². The van der Waals surface area contributed by atoms with Gasteiger partial charge in [-0.2, -0.15) is 0 Å². The van der Waals surface area contributed by atoms with E-state index in [1.807, 2.05) is 23.6 Å². The van der Waals surface area contributed by atoms with E-state index in [1.54, 1.807) is 11.3 Å². The molecule has 0 aliphatic carbocycles. The number of thiazole rings is 1. The Kier molecular flexibility index (Phi) is 6.02. The third-order valence-corrected chi connectivity index (χ3v) is 4.00.